The van der Waals surface area contributed by atoms with E-state index in [-0.39, 0.29) is 12.5 Å². The summed E-state index contributed by atoms with van der Waals surface area (Å²) >= 11 is 0. The Bertz CT molecular complexity index is 187. The van der Waals surface area contributed by atoms with E-state index in [0.29, 0.717) is 12.0 Å². The number of alkyl halides is 1. The van der Waals surface area contributed by atoms with Crippen LogP contribution >= 0.6 is 0 Å². The molecule has 12 heavy (non-hydrogen) atoms. The van der Waals surface area contributed by atoms with Crippen LogP contribution in [0.1, 0.15) is 13.3 Å². The summed E-state index contributed by atoms with van der Waals surface area (Å²) in [5.74, 6) is 0.0999. The number of aliphatic hydroxyl groups excluding tert-OH is 2. The molecule has 2 nitrogen and oxygen atoms in total. The van der Waals surface area contributed by atoms with E-state index < -0.39 is 18.2 Å². The van der Waals surface area contributed by atoms with Crippen LogP contribution in [0.2, 0.25) is 0 Å². The SMILES string of the molecule is C=C1[C@@H](C)C[C@H](O)[C@]1(CO)CF. The van der Waals surface area contributed by atoms with Crippen molar-refractivity contribution in [2.24, 2.45) is 11.3 Å². The lowest BCUT2D eigenvalue weighted by molar-refractivity contribution is 0.0110. The Kier molecular flexibility index (Phi) is 2.54. The summed E-state index contributed by atoms with van der Waals surface area (Å²) in [5, 5.41) is 18.5. The van der Waals surface area contributed by atoms with Crippen LogP contribution in [-0.2, 0) is 0 Å². The quantitative estimate of drug-likeness (QED) is 0.610. The van der Waals surface area contributed by atoms with Gasteiger partial charge in [-0.25, -0.2) is 4.39 Å². The lowest BCUT2D eigenvalue weighted by Crippen LogP contribution is -2.37. The second-order valence-corrected chi connectivity index (χ2v) is 3.63. The zero-order valence-electron chi connectivity index (χ0n) is 7.26. The van der Waals surface area contributed by atoms with Crippen molar-refractivity contribution in [3.8, 4) is 0 Å². The Morgan fingerprint density at radius 2 is 2.33 bits per heavy atom. The molecule has 0 amide bonds. The van der Waals surface area contributed by atoms with Crippen molar-refractivity contribution in [3.63, 3.8) is 0 Å². The minimum atomic E-state index is -1.08. The molecular weight excluding hydrogens is 159 g/mol. The number of hydrogen-bond acceptors (Lipinski definition) is 2. The molecule has 0 spiro atoms. The molecule has 3 atom stereocenters. The molecule has 2 N–H and O–H groups in total. The first-order valence-electron chi connectivity index (χ1n) is 4.12. The number of aliphatic hydroxyl groups is 2. The predicted octanol–water partition coefficient (Wildman–Crippen LogP) is 0.891. The molecule has 0 unspecified atom stereocenters. The zero-order chi connectivity index (χ0) is 9.35. The summed E-state index contributed by atoms with van der Waals surface area (Å²) in [4.78, 5) is 0. The second-order valence-electron chi connectivity index (χ2n) is 3.63. The van der Waals surface area contributed by atoms with E-state index in [4.69, 9.17) is 5.11 Å². The molecule has 0 heterocycles. The molecule has 1 aliphatic carbocycles. The third-order valence-corrected chi connectivity index (χ3v) is 2.97. The van der Waals surface area contributed by atoms with Gasteiger partial charge in [-0.05, 0) is 12.3 Å². The number of rotatable bonds is 2. The maximum Gasteiger partial charge on any atom is 0.103 e. The van der Waals surface area contributed by atoms with Crippen LogP contribution in [0.4, 0.5) is 4.39 Å². The standard InChI is InChI=1S/C9H15FO2/c1-6-3-8(12)9(4-10,5-11)7(6)2/h6,8,11-12H,2-5H2,1H3/t6-,8-,9-/m0/s1. The van der Waals surface area contributed by atoms with E-state index in [9.17, 15) is 9.50 Å². The van der Waals surface area contributed by atoms with E-state index in [2.05, 4.69) is 6.58 Å². The second kappa shape index (κ2) is 3.15. The fraction of sp³-hybridized carbons (Fsp3) is 0.778. The molecule has 1 fully saturated rings. The normalized spacial score (nSPS) is 42.2. The Hall–Kier alpha value is -0.410. The van der Waals surface area contributed by atoms with Crippen LogP contribution in [0, 0.1) is 11.3 Å². The maximum atomic E-state index is 12.6. The highest BCUT2D eigenvalue weighted by Crippen LogP contribution is 2.45. The van der Waals surface area contributed by atoms with Crippen molar-refractivity contribution in [2.75, 3.05) is 13.3 Å². The topological polar surface area (TPSA) is 40.5 Å². The summed E-state index contributed by atoms with van der Waals surface area (Å²) in [7, 11) is 0. The van der Waals surface area contributed by atoms with Gasteiger partial charge in [0.2, 0.25) is 0 Å². The van der Waals surface area contributed by atoms with Gasteiger partial charge in [0.15, 0.2) is 0 Å². The molecule has 1 rings (SSSR count). The lowest BCUT2D eigenvalue weighted by atomic mass is 9.82. The Morgan fingerprint density at radius 1 is 1.75 bits per heavy atom. The third kappa shape index (κ3) is 1.08. The zero-order valence-corrected chi connectivity index (χ0v) is 7.26. The van der Waals surface area contributed by atoms with Gasteiger partial charge >= 0.3 is 0 Å². The Morgan fingerprint density at radius 3 is 2.50 bits per heavy atom. The smallest absolute Gasteiger partial charge is 0.103 e. The van der Waals surface area contributed by atoms with Gasteiger partial charge in [0.05, 0.1) is 18.1 Å². The molecule has 0 radical (unpaired) electrons. The highest BCUT2D eigenvalue weighted by Gasteiger charge is 2.48. The molecule has 3 heteroatoms. The molecule has 0 aromatic rings. The van der Waals surface area contributed by atoms with Gasteiger partial charge in [0.1, 0.15) is 6.67 Å². The summed E-state index contributed by atoms with van der Waals surface area (Å²) in [6.07, 6.45) is -0.279. The van der Waals surface area contributed by atoms with Gasteiger partial charge in [-0.3, -0.25) is 0 Å². The molecule has 1 aliphatic rings. The van der Waals surface area contributed by atoms with Crippen molar-refractivity contribution in [3.05, 3.63) is 12.2 Å². The first-order chi connectivity index (χ1) is 5.58. The van der Waals surface area contributed by atoms with Crippen LogP contribution in [0.3, 0.4) is 0 Å². The fourth-order valence-corrected chi connectivity index (χ4v) is 1.83. The minimum Gasteiger partial charge on any atom is -0.395 e. The molecule has 0 aromatic heterocycles. The van der Waals surface area contributed by atoms with Gasteiger partial charge in [0, 0.05) is 0 Å². The average Bonchev–Trinajstić information content (AvgIpc) is 2.26. The summed E-state index contributed by atoms with van der Waals surface area (Å²) in [6, 6.07) is 0. The Labute approximate surface area is 71.7 Å². The summed E-state index contributed by atoms with van der Waals surface area (Å²) in [5.41, 5.74) is -0.445. The molecule has 1 saturated carbocycles. The van der Waals surface area contributed by atoms with Crippen molar-refractivity contribution in [2.45, 2.75) is 19.4 Å². The van der Waals surface area contributed by atoms with Crippen LogP contribution < -0.4 is 0 Å². The fourth-order valence-electron chi connectivity index (χ4n) is 1.83. The van der Waals surface area contributed by atoms with Gasteiger partial charge < -0.3 is 10.2 Å². The van der Waals surface area contributed by atoms with Crippen LogP contribution in [-0.4, -0.2) is 29.6 Å². The van der Waals surface area contributed by atoms with E-state index >= 15 is 0 Å². The molecule has 0 aliphatic heterocycles. The molecular formula is C9H15FO2. The first kappa shape index (κ1) is 9.68. The van der Waals surface area contributed by atoms with E-state index in [1.165, 1.54) is 0 Å². The van der Waals surface area contributed by atoms with Crippen molar-refractivity contribution in [1.82, 2.24) is 0 Å². The van der Waals surface area contributed by atoms with Crippen LogP contribution in [0.15, 0.2) is 12.2 Å². The van der Waals surface area contributed by atoms with E-state index in [1.807, 2.05) is 6.92 Å². The largest absolute Gasteiger partial charge is 0.395 e. The van der Waals surface area contributed by atoms with Crippen molar-refractivity contribution < 1.29 is 14.6 Å². The van der Waals surface area contributed by atoms with Gasteiger partial charge in [-0.2, -0.15) is 0 Å². The predicted molar refractivity (Wildman–Crippen MR) is 44.4 cm³/mol. The number of halogens is 1. The number of hydrogen-bond donors (Lipinski definition) is 2. The molecule has 0 saturated heterocycles. The highest BCUT2D eigenvalue weighted by atomic mass is 19.1. The average molecular weight is 174 g/mol. The van der Waals surface area contributed by atoms with Crippen LogP contribution in [0.5, 0.6) is 0 Å². The van der Waals surface area contributed by atoms with Gasteiger partial charge in [0.25, 0.3) is 0 Å². The van der Waals surface area contributed by atoms with Crippen LogP contribution in [0.25, 0.3) is 0 Å². The molecule has 0 aromatic carbocycles. The van der Waals surface area contributed by atoms with Gasteiger partial charge in [-0.15, -0.1) is 0 Å². The third-order valence-electron chi connectivity index (χ3n) is 2.97. The van der Waals surface area contributed by atoms with Gasteiger partial charge in [-0.1, -0.05) is 19.1 Å². The molecule has 70 valence electrons. The lowest BCUT2D eigenvalue weighted by Gasteiger charge is -2.28. The highest BCUT2D eigenvalue weighted by molar-refractivity contribution is 5.22. The van der Waals surface area contributed by atoms with E-state index in [0.717, 1.165) is 0 Å². The Balaban J connectivity index is 2.93. The van der Waals surface area contributed by atoms with E-state index in [1.54, 1.807) is 0 Å². The van der Waals surface area contributed by atoms with Crippen molar-refractivity contribution >= 4 is 0 Å². The van der Waals surface area contributed by atoms with Crippen molar-refractivity contribution in [1.29, 1.82) is 0 Å². The monoisotopic (exact) mass is 174 g/mol. The summed E-state index contributed by atoms with van der Waals surface area (Å²) in [6.45, 7) is 4.53. The first-order valence-corrected chi connectivity index (χ1v) is 4.12. The minimum absolute atomic E-state index is 0.0999. The summed E-state index contributed by atoms with van der Waals surface area (Å²) < 4.78 is 12.6. The maximum absolute atomic E-state index is 12.6. The molecule has 0 bridgehead atoms.